The minimum atomic E-state index is -0.329. The van der Waals surface area contributed by atoms with Crippen LogP contribution in [0.15, 0.2) is 22.7 Å². The van der Waals surface area contributed by atoms with Gasteiger partial charge in [-0.1, -0.05) is 15.9 Å². The number of ether oxygens (including phenoxy) is 1. The average molecular weight is 301 g/mol. The Morgan fingerprint density at radius 3 is 2.88 bits per heavy atom. The fraction of sp³-hybridized carbons (Fsp3) is 0.462. The number of benzene rings is 1. The average Bonchev–Trinajstić information content (AvgIpc) is 3.09. The summed E-state index contributed by atoms with van der Waals surface area (Å²) in [5.41, 5.74) is 0.678. The molecule has 0 amide bonds. The first kappa shape index (κ1) is 12.7. The Morgan fingerprint density at radius 1 is 1.59 bits per heavy atom. The molecule has 1 saturated carbocycles. The van der Waals surface area contributed by atoms with E-state index in [1.54, 1.807) is 13.2 Å². The fourth-order valence-electron chi connectivity index (χ4n) is 1.95. The predicted octanol–water partition coefficient (Wildman–Crippen LogP) is 3.12. The zero-order valence-electron chi connectivity index (χ0n) is 9.58. The lowest BCUT2D eigenvalue weighted by Crippen LogP contribution is -2.26. The van der Waals surface area contributed by atoms with Crippen molar-refractivity contribution < 1.29 is 13.9 Å². The van der Waals surface area contributed by atoms with E-state index >= 15 is 0 Å². The fourth-order valence-corrected chi connectivity index (χ4v) is 2.34. The molecule has 17 heavy (non-hydrogen) atoms. The molecule has 92 valence electrons. The zero-order valence-corrected chi connectivity index (χ0v) is 11.2. The summed E-state index contributed by atoms with van der Waals surface area (Å²) in [4.78, 5) is 12.0. The SMILES string of the molecule is COC(C(=O)Cc1cc(F)ccc1Br)C1CC1. The van der Waals surface area contributed by atoms with E-state index in [0.29, 0.717) is 11.5 Å². The number of rotatable bonds is 5. The molecule has 1 aromatic carbocycles. The predicted molar refractivity (Wildman–Crippen MR) is 66.3 cm³/mol. The highest BCUT2D eigenvalue weighted by molar-refractivity contribution is 9.10. The lowest BCUT2D eigenvalue weighted by Gasteiger charge is -2.13. The van der Waals surface area contributed by atoms with Gasteiger partial charge in [0.1, 0.15) is 11.9 Å². The number of hydrogen-bond donors (Lipinski definition) is 0. The van der Waals surface area contributed by atoms with E-state index in [4.69, 9.17) is 4.74 Å². The largest absolute Gasteiger partial charge is 0.373 e. The number of carbonyl (C=O) groups excluding carboxylic acids is 1. The molecule has 2 nitrogen and oxygen atoms in total. The van der Waals surface area contributed by atoms with Crippen molar-refractivity contribution in [2.75, 3.05) is 7.11 Å². The van der Waals surface area contributed by atoms with Gasteiger partial charge in [0.15, 0.2) is 5.78 Å². The van der Waals surface area contributed by atoms with Gasteiger partial charge < -0.3 is 4.74 Å². The summed E-state index contributed by atoms with van der Waals surface area (Å²) >= 11 is 3.32. The van der Waals surface area contributed by atoms with E-state index in [2.05, 4.69) is 15.9 Å². The highest BCUT2D eigenvalue weighted by atomic mass is 79.9. The van der Waals surface area contributed by atoms with Crippen molar-refractivity contribution in [2.24, 2.45) is 5.92 Å². The van der Waals surface area contributed by atoms with Crippen molar-refractivity contribution in [3.05, 3.63) is 34.1 Å². The molecular weight excluding hydrogens is 287 g/mol. The van der Waals surface area contributed by atoms with Crippen molar-refractivity contribution in [1.82, 2.24) is 0 Å². The maximum absolute atomic E-state index is 13.1. The molecule has 1 aromatic rings. The van der Waals surface area contributed by atoms with E-state index < -0.39 is 0 Å². The minimum absolute atomic E-state index is 0.0290. The summed E-state index contributed by atoms with van der Waals surface area (Å²) in [6, 6.07) is 4.38. The summed E-state index contributed by atoms with van der Waals surface area (Å²) < 4.78 is 19.1. The molecule has 0 radical (unpaired) electrons. The highest BCUT2D eigenvalue weighted by Crippen LogP contribution is 2.35. The molecule has 1 fully saturated rings. The second kappa shape index (κ2) is 5.27. The van der Waals surface area contributed by atoms with Crippen LogP contribution < -0.4 is 0 Å². The maximum atomic E-state index is 13.1. The standard InChI is InChI=1S/C13H14BrFO2/c1-17-13(8-2-3-8)12(16)7-9-6-10(15)4-5-11(9)14/h4-6,8,13H,2-3,7H2,1H3. The van der Waals surface area contributed by atoms with Gasteiger partial charge in [-0.05, 0) is 42.5 Å². The van der Waals surface area contributed by atoms with Crippen molar-refractivity contribution in [2.45, 2.75) is 25.4 Å². The molecule has 4 heteroatoms. The molecular formula is C13H14BrFO2. The topological polar surface area (TPSA) is 26.3 Å². The smallest absolute Gasteiger partial charge is 0.166 e. The summed E-state index contributed by atoms with van der Waals surface area (Å²) in [5, 5.41) is 0. The van der Waals surface area contributed by atoms with Crippen LogP contribution in [0.1, 0.15) is 18.4 Å². The van der Waals surface area contributed by atoms with Gasteiger partial charge in [-0.25, -0.2) is 4.39 Å². The van der Waals surface area contributed by atoms with Crippen molar-refractivity contribution >= 4 is 21.7 Å². The van der Waals surface area contributed by atoms with E-state index in [1.165, 1.54) is 12.1 Å². The van der Waals surface area contributed by atoms with Crippen molar-refractivity contribution in [1.29, 1.82) is 0 Å². The van der Waals surface area contributed by atoms with Gasteiger partial charge in [-0.3, -0.25) is 4.79 Å². The summed E-state index contributed by atoms with van der Waals surface area (Å²) in [7, 11) is 1.56. The van der Waals surface area contributed by atoms with Gasteiger partial charge >= 0.3 is 0 Å². The van der Waals surface area contributed by atoms with Crippen LogP contribution in [-0.4, -0.2) is 19.0 Å². The Labute approximate surface area is 108 Å². The Morgan fingerprint density at radius 2 is 2.29 bits per heavy atom. The van der Waals surface area contributed by atoms with E-state index in [-0.39, 0.29) is 24.1 Å². The number of methoxy groups -OCH3 is 1. The van der Waals surface area contributed by atoms with E-state index in [9.17, 15) is 9.18 Å². The lowest BCUT2D eigenvalue weighted by molar-refractivity contribution is -0.129. The molecule has 1 aliphatic rings. The first-order chi connectivity index (χ1) is 8.11. The van der Waals surface area contributed by atoms with Crippen LogP contribution in [0, 0.1) is 11.7 Å². The number of ketones is 1. The van der Waals surface area contributed by atoms with Crippen LogP contribution in [0.4, 0.5) is 4.39 Å². The second-order valence-electron chi connectivity index (χ2n) is 4.37. The molecule has 0 bridgehead atoms. The van der Waals surface area contributed by atoms with E-state index in [1.807, 2.05) is 0 Å². The molecule has 0 heterocycles. The molecule has 1 atom stereocenters. The number of Topliss-reactive ketones (excluding diaryl/α,β-unsaturated/α-hetero) is 1. The molecule has 0 aliphatic heterocycles. The molecule has 0 spiro atoms. The minimum Gasteiger partial charge on any atom is -0.373 e. The highest BCUT2D eigenvalue weighted by Gasteiger charge is 2.36. The Kier molecular flexibility index (Phi) is 3.94. The van der Waals surface area contributed by atoms with E-state index in [0.717, 1.165) is 17.3 Å². The third-order valence-electron chi connectivity index (χ3n) is 2.99. The Hall–Kier alpha value is -0.740. The molecule has 1 aliphatic carbocycles. The Bertz CT molecular complexity index is 429. The normalized spacial score (nSPS) is 16.9. The summed E-state index contributed by atoms with van der Waals surface area (Å²) in [5.74, 6) is 0.0672. The Balaban J connectivity index is 2.08. The van der Waals surface area contributed by atoms with Crippen LogP contribution in [0.3, 0.4) is 0 Å². The third kappa shape index (κ3) is 3.13. The monoisotopic (exact) mass is 300 g/mol. The van der Waals surface area contributed by atoms with Crippen LogP contribution in [0.5, 0.6) is 0 Å². The van der Waals surface area contributed by atoms with Crippen LogP contribution in [0.2, 0.25) is 0 Å². The first-order valence-electron chi connectivity index (χ1n) is 5.61. The van der Waals surface area contributed by atoms with Gasteiger partial charge in [-0.15, -0.1) is 0 Å². The van der Waals surface area contributed by atoms with Crippen molar-refractivity contribution in [3.63, 3.8) is 0 Å². The van der Waals surface area contributed by atoms with Crippen LogP contribution in [-0.2, 0) is 16.0 Å². The summed E-state index contributed by atoms with van der Waals surface area (Å²) in [6.45, 7) is 0. The van der Waals surface area contributed by atoms with Crippen LogP contribution in [0.25, 0.3) is 0 Å². The molecule has 1 unspecified atom stereocenters. The van der Waals surface area contributed by atoms with Crippen LogP contribution >= 0.6 is 15.9 Å². The number of hydrogen-bond acceptors (Lipinski definition) is 2. The second-order valence-corrected chi connectivity index (χ2v) is 5.23. The number of carbonyl (C=O) groups is 1. The van der Waals surface area contributed by atoms with Gasteiger partial charge in [0.25, 0.3) is 0 Å². The lowest BCUT2D eigenvalue weighted by atomic mass is 10.0. The van der Waals surface area contributed by atoms with Gasteiger partial charge in [0.05, 0.1) is 0 Å². The molecule has 0 aromatic heterocycles. The molecule has 0 N–H and O–H groups in total. The third-order valence-corrected chi connectivity index (χ3v) is 3.77. The quantitative estimate of drug-likeness (QED) is 0.835. The van der Waals surface area contributed by atoms with Crippen molar-refractivity contribution in [3.8, 4) is 0 Å². The van der Waals surface area contributed by atoms with Gasteiger partial charge in [-0.2, -0.15) is 0 Å². The maximum Gasteiger partial charge on any atom is 0.166 e. The molecule has 2 rings (SSSR count). The number of halogens is 2. The van der Waals surface area contributed by atoms with Gasteiger partial charge in [0.2, 0.25) is 0 Å². The zero-order chi connectivity index (χ0) is 12.4. The molecule has 0 saturated heterocycles. The first-order valence-corrected chi connectivity index (χ1v) is 6.40. The summed E-state index contributed by atoms with van der Waals surface area (Å²) in [6.07, 6.45) is 1.99. The van der Waals surface area contributed by atoms with Gasteiger partial charge in [0, 0.05) is 18.0 Å².